The standard InChI is InChI=1S/C17H18N2O3/c1-13(14-5-3-2-4-6-14)11-19-16(20)12-22-17(21)15-7-9-18-10-8-15/h2-10,13H,11-12H2,1H3,(H,19,20)/t13-/m0/s1. The largest absolute Gasteiger partial charge is 0.452 e. The summed E-state index contributed by atoms with van der Waals surface area (Å²) in [6.45, 7) is 2.23. The second-order valence-corrected chi connectivity index (χ2v) is 4.93. The molecule has 0 aliphatic rings. The van der Waals surface area contributed by atoms with E-state index in [1.807, 2.05) is 37.3 Å². The molecular formula is C17H18N2O3. The van der Waals surface area contributed by atoms with Crippen molar-refractivity contribution in [3.05, 3.63) is 66.0 Å². The number of pyridine rings is 1. The molecular weight excluding hydrogens is 280 g/mol. The molecule has 1 amide bonds. The van der Waals surface area contributed by atoms with Crippen molar-refractivity contribution in [3.63, 3.8) is 0 Å². The van der Waals surface area contributed by atoms with Gasteiger partial charge in [-0.1, -0.05) is 37.3 Å². The molecule has 1 aromatic heterocycles. The number of aromatic nitrogens is 1. The minimum atomic E-state index is -0.534. The second-order valence-electron chi connectivity index (χ2n) is 4.93. The zero-order valence-corrected chi connectivity index (χ0v) is 12.4. The molecule has 0 fully saturated rings. The van der Waals surface area contributed by atoms with Crippen LogP contribution in [-0.2, 0) is 9.53 Å². The highest BCUT2D eigenvalue weighted by Crippen LogP contribution is 2.12. The van der Waals surface area contributed by atoms with Gasteiger partial charge in [0, 0.05) is 18.9 Å². The third kappa shape index (κ3) is 4.70. The Hall–Kier alpha value is -2.69. The lowest BCUT2D eigenvalue weighted by Crippen LogP contribution is -2.31. The van der Waals surface area contributed by atoms with Crippen LogP contribution in [-0.4, -0.2) is 30.0 Å². The number of carbonyl (C=O) groups is 2. The lowest BCUT2D eigenvalue weighted by molar-refractivity contribution is -0.124. The number of hydrogen-bond acceptors (Lipinski definition) is 4. The molecule has 0 unspecified atom stereocenters. The van der Waals surface area contributed by atoms with Crippen molar-refractivity contribution in [2.45, 2.75) is 12.8 Å². The van der Waals surface area contributed by atoms with E-state index in [9.17, 15) is 9.59 Å². The first-order chi connectivity index (χ1) is 10.7. The SMILES string of the molecule is C[C@@H](CNC(=O)COC(=O)c1ccncc1)c1ccccc1. The maximum atomic E-state index is 11.7. The molecule has 1 aromatic carbocycles. The van der Waals surface area contributed by atoms with Crippen LogP contribution in [0.4, 0.5) is 0 Å². The molecule has 0 aliphatic heterocycles. The molecule has 5 heteroatoms. The maximum absolute atomic E-state index is 11.7. The topological polar surface area (TPSA) is 68.3 Å². The quantitative estimate of drug-likeness (QED) is 0.830. The van der Waals surface area contributed by atoms with Crippen molar-refractivity contribution in [3.8, 4) is 0 Å². The molecule has 0 spiro atoms. The summed E-state index contributed by atoms with van der Waals surface area (Å²) in [7, 11) is 0. The molecule has 0 saturated carbocycles. The first-order valence-corrected chi connectivity index (χ1v) is 7.05. The van der Waals surface area contributed by atoms with Crippen molar-refractivity contribution in [1.29, 1.82) is 0 Å². The van der Waals surface area contributed by atoms with E-state index in [1.165, 1.54) is 24.5 Å². The summed E-state index contributed by atoms with van der Waals surface area (Å²) < 4.78 is 4.95. The number of rotatable bonds is 6. The molecule has 5 nitrogen and oxygen atoms in total. The van der Waals surface area contributed by atoms with Gasteiger partial charge in [-0.15, -0.1) is 0 Å². The minimum Gasteiger partial charge on any atom is -0.452 e. The number of benzene rings is 1. The minimum absolute atomic E-state index is 0.195. The van der Waals surface area contributed by atoms with E-state index in [-0.39, 0.29) is 18.4 Å². The van der Waals surface area contributed by atoms with Gasteiger partial charge >= 0.3 is 5.97 Å². The van der Waals surface area contributed by atoms with Gasteiger partial charge in [0.2, 0.25) is 0 Å². The van der Waals surface area contributed by atoms with Crippen LogP contribution in [0.5, 0.6) is 0 Å². The number of carbonyl (C=O) groups excluding carboxylic acids is 2. The Labute approximate surface area is 129 Å². The first-order valence-electron chi connectivity index (χ1n) is 7.05. The average molecular weight is 298 g/mol. The lowest BCUT2D eigenvalue weighted by atomic mass is 10.0. The van der Waals surface area contributed by atoms with Crippen LogP contribution in [0.15, 0.2) is 54.9 Å². The highest BCUT2D eigenvalue weighted by molar-refractivity contribution is 5.91. The van der Waals surface area contributed by atoms with Gasteiger partial charge in [0.1, 0.15) is 0 Å². The fraction of sp³-hybridized carbons (Fsp3) is 0.235. The zero-order chi connectivity index (χ0) is 15.8. The van der Waals surface area contributed by atoms with Gasteiger partial charge in [0.05, 0.1) is 5.56 Å². The van der Waals surface area contributed by atoms with Crippen LogP contribution in [0, 0.1) is 0 Å². The van der Waals surface area contributed by atoms with E-state index >= 15 is 0 Å². The molecule has 114 valence electrons. The molecule has 2 aromatic rings. The van der Waals surface area contributed by atoms with Crippen LogP contribution >= 0.6 is 0 Å². The van der Waals surface area contributed by atoms with E-state index in [2.05, 4.69) is 10.3 Å². The van der Waals surface area contributed by atoms with Crippen LogP contribution in [0.2, 0.25) is 0 Å². The van der Waals surface area contributed by atoms with Gasteiger partial charge in [-0.05, 0) is 23.6 Å². The van der Waals surface area contributed by atoms with Gasteiger partial charge in [0.25, 0.3) is 5.91 Å². The van der Waals surface area contributed by atoms with Gasteiger partial charge in [0.15, 0.2) is 6.61 Å². The monoisotopic (exact) mass is 298 g/mol. The van der Waals surface area contributed by atoms with Crippen LogP contribution in [0.1, 0.15) is 28.8 Å². The Balaban J connectivity index is 1.73. The highest BCUT2D eigenvalue weighted by atomic mass is 16.5. The highest BCUT2D eigenvalue weighted by Gasteiger charge is 2.11. The van der Waals surface area contributed by atoms with Crippen LogP contribution < -0.4 is 5.32 Å². The Morgan fingerprint density at radius 2 is 1.82 bits per heavy atom. The predicted molar refractivity (Wildman–Crippen MR) is 82.4 cm³/mol. The Kier molecular flexibility index (Phi) is 5.65. The van der Waals surface area contributed by atoms with Crippen LogP contribution in [0.3, 0.4) is 0 Å². The normalized spacial score (nSPS) is 11.5. The lowest BCUT2D eigenvalue weighted by Gasteiger charge is -2.13. The number of ether oxygens (including phenoxy) is 1. The van der Waals surface area contributed by atoms with Gasteiger partial charge in [-0.25, -0.2) is 4.79 Å². The summed E-state index contributed by atoms with van der Waals surface area (Å²) >= 11 is 0. The molecule has 2 rings (SSSR count). The van der Waals surface area contributed by atoms with Crippen molar-refractivity contribution in [2.75, 3.05) is 13.2 Å². The molecule has 0 saturated heterocycles. The van der Waals surface area contributed by atoms with E-state index < -0.39 is 5.97 Å². The molecule has 0 radical (unpaired) electrons. The molecule has 22 heavy (non-hydrogen) atoms. The molecule has 0 bridgehead atoms. The average Bonchev–Trinajstić information content (AvgIpc) is 2.59. The number of nitrogens with one attached hydrogen (secondary N) is 1. The van der Waals surface area contributed by atoms with Gasteiger partial charge in [-0.3, -0.25) is 9.78 Å². The third-order valence-electron chi connectivity index (χ3n) is 3.22. The molecule has 1 atom stereocenters. The van der Waals surface area contributed by atoms with Gasteiger partial charge < -0.3 is 10.1 Å². The fourth-order valence-electron chi connectivity index (χ4n) is 1.92. The van der Waals surface area contributed by atoms with Crippen molar-refractivity contribution >= 4 is 11.9 Å². The molecule has 1 heterocycles. The number of esters is 1. The number of hydrogen-bond donors (Lipinski definition) is 1. The first kappa shape index (κ1) is 15.7. The summed E-state index contributed by atoms with van der Waals surface area (Å²) in [5.74, 6) is -0.653. The van der Waals surface area contributed by atoms with E-state index in [1.54, 1.807) is 0 Å². The second kappa shape index (κ2) is 7.93. The Bertz CT molecular complexity index is 614. The van der Waals surface area contributed by atoms with Gasteiger partial charge in [-0.2, -0.15) is 0 Å². The Morgan fingerprint density at radius 3 is 2.50 bits per heavy atom. The van der Waals surface area contributed by atoms with Crippen molar-refractivity contribution in [2.24, 2.45) is 0 Å². The van der Waals surface area contributed by atoms with E-state index in [4.69, 9.17) is 4.74 Å². The fourth-order valence-corrected chi connectivity index (χ4v) is 1.92. The summed E-state index contributed by atoms with van der Waals surface area (Å²) in [6, 6.07) is 13.0. The number of amides is 1. The maximum Gasteiger partial charge on any atom is 0.338 e. The van der Waals surface area contributed by atoms with Crippen molar-refractivity contribution < 1.29 is 14.3 Å². The molecule has 1 N–H and O–H groups in total. The summed E-state index contributed by atoms with van der Waals surface area (Å²) in [6.07, 6.45) is 3.00. The van der Waals surface area contributed by atoms with E-state index in [0.717, 1.165) is 5.56 Å². The van der Waals surface area contributed by atoms with E-state index in [0.29, 0.717) is 12.1 Å². The predicted octanol–water partition coefficient (Wildman–Crippen LogP) is 2.16. The Morgan fingerprint density at radius 1 is 1.14 bits per heavy atom. The summed E-state index contributed by atoms with van der Waals surface area (Å²) in [5.41, 5.74) is 1.53. The zero-order valence-electron chi connectivity index (χ0n) is 12.4. The molecule has 0 aliphatic carbocycles. The van der Waals surface area contributed by atoms with Crippen LogP contribution in [0.25, 0.3) is 0 Å². The third-order valence-corrected chi connectivity index (χ3v) is 3.22. The van der Waals surface area contributed by atoms with Crippen molar-refractivity contribution in [1.82, 2.24) is 10.3 Å². The number of nitrogens with zero attached hydrogens (tertiary/aromatic N) is 1. The summed E-state index contributed by atoms with van der Waals surface area (Å²) in [4.78, 5) is 27.2. The smallest absolute Gasteiger partial charge is 0.338 e. The summed E-state index contributed by atoms with van der Waals surface area (Å²) in [5, 5.41) is 2.76.